The molecular formula is C22H36O4. The number of carbonyl (C=O) groups is 1. The molecule has 4 aliphatic carbocycles. The highest BCUT2D eigenvalue weighted by atomic mass is 16.4. The number of rotatable bonds is 2. The summed E-state index contributed by atoms with van der Waals surface area (Å²) < 4.78 is 0. The molecule has 0 aliphatic heterocycles. The van der Waals surface area contributed by atoms with Crippen molar-refractivity contribution in [3.8, 4) is 0 Å². The highest BCUT2D eigenvalue weighted by molar-refractivity contribution is 5.70. The smallest absolute Gasteiger partial charge is 0.306 e. The van der Waals surface area contributed by atoms with Gasteiger partial charge in [-0.25, -0.2) is 0 Å². The summed E-state index contributed by atoms with van der Waals surface area (Å²) in [4.78, 5) is 11.7. The molecule has 0 aromatic heterocycles. The summed E-state index contributed by atoms with van der Waals surface area (Å²) >= 11 is 0. The minimum absolute atomic E-state index is 0.0830. The summed E-state index contributed by atoms with van der Waals surface area (Å²) in [6.45, 7) is 6.44. The Balaban J connectivity index is 1.64. The number of aliphatic carboxylic acids is 1. The van der Waals surface area contributed by atoms with Crippen LogP contribution in [0.5, 0.6) is 0 Å². The van der Waals surface area contributed by atoms with Crippen molar-refractivity contribution < 1.29 is 20.1 Å². The summed E-state index contributed by atoms with van der Waals surface area (Å²) in [5.74, 6) is 1.16. The van der Waals surface area contributed by atoms with Gasteiger partial charge in [-0.15, -0.1) is 0 Å². The van der Waals surface area contributed by atoms with Gasteiger partial charge in [0.15, 0.2) is 0 Å². The molecule has 0 radical (unpaired) electrons. The maximum absolute atomic E-state index is 11.7. The Hall–Kier alpha value is -0.610. The molecule has 3 N–H and O–H groups in total. The third-order valence-electron chi connectivity index (χ3n) is 9.81. The monoisotopic (exact) mass is 364 g/mol. The van der Waals surface area contributed by atoms with E-state index in [0.717, 1.165) is 38.5 Å². The first kappa shape index (κ1) is 18.7. The molecule has 0 aromatic carbocycles. The van der Waals surface area contributed by atoms with Crippen LogP contribution in [0.15, 0.2) is 0 Å². The third kappa shape index (κ3) is 2.44. The molecule has 26 heavy (non-hydrogen) atoms. The molecule has 0 amide bonds. The van der Waals surface area contributed by atoms with Crippen molar-refractivity contribution in [2.24, 2.45) is 46.3 Å². The lowest BCUT2D eigenvalue weighted by molar-refractivity contribution is -0.178. The van der Waals surface area contributed by atoms with Gasteiger partial charge < -0.3 is 15.3 Å². The van der Waals surface area contributed by atoms with Crippen molar-refractivity contribution in [2.75, 3.05) is 0 Å². The molecule has 4 saturated carbocycles. The molecule has 0 bridgehead atoms. The van der Waals surface area contributed by atoms with E-state index in [4.69, 9.17) is 0 Å². The Morgan fingerprint density at radius 1 is 1.00 bits per heavy atom. The van der Waals surface area contributed by atoms with Crippen LogP contribution in [0.4, 0.5) is 0 Å². The van der Waals surface area contributed by atoms with Crippen molar-refractivity contribution in [1.82, 2.24) is 0 Å². The molecule has 4 aliphatic rings. The van der Waals surface area contributed by atoms with Crippen molar-refractivity contribution in [3.63, 3.8) is 0 Å². The molecule has 4 heteroatoms. The maximum atomic E-state index is 11.7. The SMILES string of the molecule is C[C@H](C(=O)O)[C@H]1CC[C@H]2[C@@H]3CC[C@H]4C[C@H](O)CC[C@]4(C)[C@H]3C[C@H](O)[C@]12C. The highest BCUT2D eigenvalue weighted by Gasteiger charge is 2.64. The Labute approximate surface area is 157 Å². The van der Waals surface area contributed by atoms with Gasteiger partial charge in [-0.05, 0) is 86.4 Å². The van der Waals surface area contributed by atoms with Crippen LogP contribution in [0.3, 0.4) is 0 Å². The van der Waals surface area contributed by atoms with E-state index in [9.17, 15) is 20.1 Å². The Kier molecular flexibility index (Phi) is 4.47. The quantitative estimate of drug-likeness (QED) is 0.698. The number of hydrogen-bond donors (Lipinski definition) is 3. The molecule has 0 spiro atoms. The van der Waals surface area contributed by atoms with Gasteiger partial charge in [0.05, 0.1) is 18.1 Å². The fourth-order valence-electron chi connectivity index (χ4n) is 8.22. The van der Waals surface area contributed by atoms with E-state index in [2.05, 4.69) is 13.8 Å². The normalized spacial score (nSPS) is 54.7. The van der Waals surface area contributed by atoms with E-state index >= 15 is 0 Å². The Bertz CT molecular complexity index is 576. The van der Waals surface area contributed by atoms with E-state index in [0.29, 0.717) is 23.7 Å². The highest BCUT2D eigenvalue weighted by Crippen LogP contribution is 2.68. The van der Waals surface area contributed by atoms with Gasteiger partial charge in [-0.3, -0.25) is 4.79 Å². The predicted molar refractivity (Wildman–Crippen MR) is 99.4 cm³/mol. The van der Waals surface area contributed by atoms with E-state index in [-0.39, 0.29) is 28.8 Å². The van der Waals surface area contributed by atoms with Gasteiger partial charge in [-0.2, -0.15) is 0 Å². The van der Waals surface area contributed by atoms with Gasteiger partial charge >= 0.3 is 5.97 Å². The molecule has 10 atom stereocenters. The number of carboxylic acid groups (broad SMARTS) is 1. The van der Waals surface area contributed by atoms with Gasteiger partial charge in [0.2, 0.25) is 0 Å². The summed E-state index contributed by atoms with van der Waals surface area (Å²) in [5.41, 5.74) is -0.0166. The standard InChI is InChI=1S/C22H36O4/c1-12(20(25)26)16-6-7-17-15-5-4-13-10-14(23)8-9-21(13,2)18(15)11-19(24)22(16,17)3/h12-19,23-24H,4-11H2,1-3H3,(H,25,26)/t12-,13-,14+,15-,16+,17-,18-,19-,21-,22+/m0/s1. The van der Waals surface area contributed by atoms with E-state index in [1.165, 1.54) is 12.8 Å². The molecule has 4 fully saturated rings. The third-order valence-corrected chi connectivity index (χ3v) is 9.81. The minimum atomic E-state index is -0.719. The van der Waals surface area contributed by atoms with Crippen LogP contribution in [0.25, 0.3) is 0 Å². The zero-order valence-corrected chi connectivity index (χ0v) is 16.5. The van der Waals surface area contributed by atoms with Crippen LogP contribution in [0.1, 0.15) is 72.1 Å². The molecule has 0 heterocycles. The molecule has 4 rings (SSSR count). The van der Waals surface area contributed by atoms with Crippen molar-refractivity contribution >= 4 is 5.97 Å². The molecule has 0 saturated heterocycles. The molecule has 148 valence electrons. The van der Waals surface area contributed by atoms with Gasteiger partial charge in [-0.1, -0.05) is 20.8 Å². The average molecular weight is 365 g/mol. The van der Waals surface area contributed by atoms with Gasteiger partial charge in [0, 0.05) is 5.41 Å². The first-order valence-electron chi connectivity index (χ1n) is 10.8. The number of aliphatic hydroxyl groups excluding tert-OH is 2. The first-order valence-corrected chi connectivity index (χ1v) is 10.8. The number of carboxylic acids is 1. The zero-order chi connectivity index (χ0) is 18.9. The van der Waals surface area contributed by atoms with Crippen LogP contribution in [0.2, 0.25) is 0 Å². The molecule has 0 aromatic rings. The van der Waals surface area contributed by atoms with E-state index < -0.39 is 12.1 Å². The fraction of sp³-hybridized carbons (Fsp3) is 0.955. The molecule has 4 nitrogen and oxygen atoms in total. The fourth-order valence-corrected chi connectivity index (χ4v) is 8.22. The Morgan fingerprint density at radius 3 is 2.42 bits per heavy atom. The molecular weight excluding hydrogens is 328 g/mol. The van der Waals surface area contributed by atoms with E-state index in [1.807, 2.05) is 6.92 Å². The largest absolute Gasteiger partial charge is 0.481 e. The summed E-state index contributed by atoms with van der Waals surface area (Å²) in [6, 6.07) is 0. The topological polar surface area (TPSA) is 77.8 Å². The minimum Gasteiger partial charge on any atom is -0.481 e. The first-order chi connectivity index (χ1) is 12.2. The second kappa shape index (κ2) is 6.20. The lowest BCUT2D eigenvalue weighted by Crippen LogP contribution is -2.59. The van der Waals surface area contributed by atoms with Crippen molar-refractivity contribution in [2.45, 2.75) is 84.3 Å². The van der Waals surface area contributed by atoms with Crippen LogP contribution in [-0.2, 0) is 4.79 Å². The Morgan fingerprint density at radius 2 is 1.73 bits per heavy atom. The van der Waals surface area contributed by atoms with Crippen LogP contribution in [0, 0.1) is 46.3 Å². The van der Waals surface area contributed by atoms with Crippen molar-refractivity contribution in [3.05, 3.63) is 0 Å². The summed E-state index contributed by atoms with van der Waals surface area (Å²) in [5, 5.41) is 31.0. The average Bonchev–Trinajstić information content (AvgIpc) is 2.94. The lowest BCUT2D eigenvalue weighted by Gasteiger charge is -2.62. The maximum Gasteiger partial charge on any atom is 0.306 e. The van der Waals surface area contributed by atoms with Gasteiger partial charge in [0.1, 0.15) is 0 Å². The number of aliphatic hydroxyl groups is 2. The lowest BCUT2D eigenvalue weighted by atomic mass is 9.43. The van der Waals surface area contributed by atoms with Crippen LogP contribution >= 0.6 is 0 Å². The second-order valence-corrected chi connectivity index (χ2v) is 10.5. The molecule has 0 unspecified atom stereocenters. The van der Waals surface area contributed by atoms with Gasteiger partial charge in [0.25, 0.3) is 0 Å². The van der Waals surface area contributed by atoms with E-state index in [1.54, 1.807) is 0 Å². The number of hydrogen-bond acceptors (Lipinski definition) is 3. The summed E-state index contributed by atoms with van der Waals surface area (Å²) in [6.07, 6.45) is 7.57. The van der Waals surface area contributed by atoms with Crippen LogP contribution < -0.4 is 0 Å². The zero-order valence-electron chi connectivity index (χ0n) is 16.5. The van der Waals surface area contributed by atoms with Crippen LogP contribution in [-0.4, -0.2) is 33.5 Å². The summed E-state index contributed by atoms with van der Waals surface area (Å²) in [7, 11) is 0. The number of fused-ring (bicyclic) bond motifs is 5. The predicted octanol–water partition coefficient (Wildman–Crippen LogP) is 3.70. The second-order valence-electron chi connectivity index (χ2n) is 10.5. The van der Waals surface area contributed by atoms with Crippen molar-refractivity contribution in [1.29, 1.82) is 0 Å².